The second-order valence-corrected chi connectivity index (χ2v) is 5.57. The van der Waals surface area contributed by atoms with Crippen molar-refractivity contribution >= 4 is 11.5 Å². The van der Waals surface area contributed by atoms with E-state index in [1.807, 2.05) is 11.6 Å². The fourth-order valence-electron chi connectivity index (χ4n) is 2.74. The highest BCUT2D eigenvalue weighted by atomic mass is 16.3. The minimum Gasteiger partial charge on any atom is -0.394 e. The van der Waals surface area contributed by atoms with Gasteiger partial charge in [-0.05, 0) is 33.1 Å². The molecule has 5 heteroatoms. The maximum atomic E-state index is 9.58. The summed E-state index contributed by atoms with van der Waals surface area (Å²) in [7, 11) is 0. The summed E-state index contributed by atoms with van der Waals surface area (Å²) in [5, 5.41) is 14.1. The maximum absolute atomic E-state index is 9.58. The Hall–Kier alpha value is -1.23. The van der Waals surface area contributed by atoms with Crippen molar-refractivity contribution in [2.75, 3.05) is 23.8 Å². The zero-order chi connectivity index (χ0) is 13.4. The summed E-state index contributed by atoms with van der Waals surface area (Å²) < 4.78 is 1.98. The Morgan fingerprint density at radius 1 is 1.50 bits per heavy atom. The van der Waals surface area contributed by atoms with Gasteiger partial charge in [0.2, 0.25) is 0 Å². The second kappa shape index (κ2) is 4.80. The van der Waals surface area contributed by atoms with Crippen LogP contribution in [0.1, 0.15) is 38.9 Å². The summed E-state index contributed by atoms with van der Waals surface area (Å²) in [4.78, 5) is 2.22. The molecule has 1 aliphatic rings. The van der Waals surface area contributed by atoms with E-state index >= 15 is 0 Å². The van der Waals surface area contributed by atoms with E-state index in [-0.39, 0.29) is 18.7 Å². The minimum atomic E-state index is 0.154. The fraction of sp³-hybridized carbons (Fsp3) is 0.769. The SMILES string of the molecule is Cc1nn(C(C)C)c(N2CCC(C)C2CO)c1N. The van der Waals surface area contributed by atoms with Crippen LogP contribution in [0.4, 0.5) is 11.5 Å². The van der Waals surface area contributed by atoms with Crippen molar-refractivity contribution in [2.45, 2.75) is 46.2 Å². The van der Waals surface area contributed by atoms with E-state index in [9.17, 15) is 5.11 Å². The van der Waals surface area contributed by atoms with Crippen LogP contribution in [0.25, 0.3) is 0 Å². The predicted molar refractivity (Wildman–Crippen MR) is 73.8 cm³/mol. The van der Waals surface area contributed by atoms with Crippen LogP contribution in [0.15, 0.2) is 0 Å². The molecule has 0 aliphatic carbocycles. The molecular weight excluding hydrogens is 228 g/mol. The molecule has 0 aromatic carbocycles. The lowest BCUT2D eigenvalue weighted by atomic mass is 10.0. The summed E-state index contributed by atoms with van der Waals surface area (Å²) in [6, 6.07) is 0.423. The van der Waals surface area contributed by atoms with Crippen molar-refractivity contribution in [3.8, 4) is 0 Å². The molecule has 1 fully saturated rings. The Morgan fingerprint density at radius 3 is 2.72 bits per heavy atom. The smallest absolute Gasteiger partial charge is 0.151 e. The van der Waals surface area contributed by atoms with Gasteiger partial charge in [-0.2, -0.15) is 5.10 Å². The van der Waals surface area contributed by atoms with Crippen molar-refractivity contribution in [1.82, 2.24) is 9.78 Å². The third-order valence-electron chi connectivity index (χ3n) is 3.94. The molecule has 0 radical (unpaired) electrons. The number of anilines is 2. The lowest BCUT2D eigenvalue weighted by Gasteiger charge is -2.29. The highest BCUT2D eigenvalue weighted by molar-refractivity contribution is 5.67. The van der Waals surface area contributed by atoms with E-state index in [2.05, 4.69) is 30.8 Å². The van der Waals surface area contributed by atoms with E-state index in [1.54, 1.807) is 0 Å². The standard InChI is InChI=1S/C13H24N4O/c1-8(2)17-13(12(14)10(4)15-17)16-6-5-9(3)11(16)7-18/h8-9,11,18H,5-7,14H2,1-4H3. The molecule has 2 heterocycles. The van der Waals surface area contributed by atoms with Gasteiger partial charge < -0.3 is 15.7 Å². The van der Waals surface area contributed by atoms with Crippen LogP contribution in [0.3, 0.4) is 0 Å². The normalized spacial score (nSPS) is 24.2. The largest absolute Gasteiger partial charge is 0.394 e. The van der Waals surface area contributed by atoms with Crippen molar-refractivity contribution in [3.63, 3.8) is 0 Å². The fourth-order valence-corrected chi connectivity index (χ4v) is 2.74. The third kappa shape index (κ3) is 1.96. The summed E-state index contributed by atoms with van der Waals surface area (Å²) in [5.74, 6) is 1.47. The number of nitrogens with two attached hydrogens (primary N) is 1. The average molecular weight is 252 g/mol. The van der Waals surface area contributed by atoms with E-state index in [0.717, 1.165) is 30.2 Å². The van der Waals surface area contributed by atoms with Crippen molar-refractivity contribution < 1.29 is 5.11 Å². The van der Waals surface area contributed by atoms with Gasteiger partial charge >= 0.3 is 0 Å². The number of aromatic nitrogens is 2. The van der Waals surface area contributed by atoms with Gasteiger partial charge in [-0.15, -0.1) is 0 Å². The molecule has 0 amide bonds. The van der Waals surface area contributed by atoms with Gasteiger partial charge in [-0.3, -0.25) is 0 Å². The summed E-state index contributed by atoms with van der Waals surface area (Å²) in [6.45, 7) is 9.42. The van der Waals surface area contributed by atoms with Gasteiger partial charge in [0.25, 0.3) is 0 Å². The van der Waals surface area contributed by atoms with Gasteiger partial charge in [0.05, 0.1) is 24.0 Å². The molecule has 1 aromatic heterocycles. The second-order valence-electron chi connectivity index (χ2n) is 5.57. The van der Waals surface area contributed by atoms with Gasteiger partial charge in [0.1, 0.15) is 0 Å². The monoisotopic (exact) mass is 252 g/mol. The number of hydrogen-bond acceptors (Lipinski definition) is 4. The van der Waals surface area contributed by atoms with Crippen LogP contribution in [-0.2, 0) is 0 Å². The molecule has 0 bridgehead atoms. The lowest BCUT2D eigenvalue weighted by molar-refractivity contribution is 0.243. The first kappa shape index (κ1) is 13.2. The Morgan fingerprint density at radius 2 is 2.17 bits per heavy atom. The summed E-state index contributed by atoms with van der Waals surface area (Å²) in [6.07, 6.45) is 1.09. The van der Waals surface area contributed by atoms with E-state index in [1.165, 1.54) is 0 Å². The zero-order valence-electron chi connectivity index (χ0n) is 11.7. The predicted octanol–water partition coefficient (Wildman–Crippen LogP) is 1.56. The molecule has 2 unspecified atom stereocenters. The van der Waals surface area contributed by atoms with Gasteiger partial charge in [0.15, 0.2) is 5.82 Å². The Balaban J connectivity index is 2.44. The highest BCUT2D eigenvalue weighted by Gasteiger charge is 2.34. The molecular formula is C13H24N4O. The van der Waals surface area contributed by atoms with Crippen LogP contribution in [0, 0.1) is 12.8 Å². The number of aliphatic hydroxyl groups excluding tert-OH is 1. The zero-order valence-corrected chi connectivity index (χ0v) is 11.7. The first-order valence-electron chi connectivity index (χ1n) is 6.69. The van der Waals surface area contributed by atoms with Crippen molar-refractivity contribution in [3.05, 3.63) is 5.69 Å². The summed E-state index contributed by atoms with van der Waals surface area (Å²) >= 11 is 0. The molecule has 2 rings (SSSR count). The average Bonchev–Trinajstić information content (AvgIpc) is 2.81. The molecule has 1 aromatic rings. The molecule has 1 aliphatic heterocycles. The van der Waals surface area contributed by atoms with E-state index < -0.39 is 0 Å². The molecule has 1 saturated heterocycles. The molecule has 18 heavy (non-hydrogen) atoms. The molecule has 0 spiro atoms. The number of nitrogens with zero attached hydrogens (tertiary/aromatic N) is 3. The van der Waals surface area contributed by atoms with Gasteiger partial charge in [0, 0.05) is 12.6 Å². The summed E-state index contributed by atoms with van der Waals surface area (Å²) in [5.41, 5.74) is 7.79. The van der Waals surface area contributed by atoms with Crippen LogP contribution in [-0.4, -0.2) is 34.1 Å². The Kier molecular flexibility index (Phi) is 3.52. The first-order valence-corrected chi connectivity index (χ1v) is 6.69. The lowest BCUT2D eigenvalue weighted by Crippen LogP contribution is -2.37. The van der Waals surface area contributed by atoms with E-state index in [4.69, 9.17) is 5.73 Å². The molecule has 0 saturated carbocycles. The van der Waals surface area contributed by atoms with Crippen LogP contribution in [0.2, 0.25) is 0 Å². The Bertz CT molecular complexity index is 427. The van der Waals surface area contributed by atoms with E-state index in [0.29, 0.717) is 5.92 Å². The molecule has 3 N–H and O–H groups in total. The van der Waals surface area contributed by atoms with Crippen LogP contribution < -0.4 is 10.6 Å². The van der Waals surface area contributed by atoms with Crippen molar-refractivity contribution in [2.24, 2.45) is 5.92 Å². The number of rotatable bonds is 3. The Labute approximate surface area is 109 Å². The van der Waals surface area contributed by atoms with Gasteiger partial charge in [-0.1, -0.05) is 6.92 Å². The first-order chi connectivity index (χ1) is 8.47. The quantitative estimate of drug-likeness (QED) is 0.856. The minimum absolute atomic E-state index is 0.154. The van der Waals surface area contributed by atoms with Crippen molar-refractivity contribution in [1.29, 1.82) is 0 Å². The topological polar surface area (TPSA) is 67.3 Å². The highest BCUT2D eigenvalue weighted by Crippen LogP contribution is 2.36. The van der Waals surface area contributed by atoms with Crippen LogP contribution in [0.5, 0.6) is 0 Å². The number of aliphatic hydroxyl groups is 1. The van der Waals surface area contributed by atoms with Gasteiger partial charge in [-0.25, -0.2) is 4.68 Å². The maximum Gasteiger partial charge on any atom is 0.151 e. The molecule has 102 valence electrons. The number of aryl methyl sites for hydroxylation is 1. The third-order valence-corrected chi connectivity index (χ3v) is 3.94. The molecule has 5 nitrogen and oxygen atoms in total. The number of hydrogen-bond donors (Lipinski definition) is 2. The number of nitrogen functional groups attached to an aromatic ring is 1. The molecule has 2 atom stereocenters. The van der Waals surface area contributed by atoms with Crippen LogP contribution >= 0.6 is 0 Å².